The van der Waals surface area contributed by atoms with Crippen LogP contribution in [-0.4, -0.2) is 108 Å². The van der Waals surface area contributed by atoms with Gasteiger partial charge in [0, 0.05) is 25.9 Å². The van der Waals surface area contributed by atoms with Crippen LogP contribution >= 0.6 is 0 Å². The van der Waals surface area contributed by atoms with Gasteiger partial charge in [-0.25, -0.2) is 9.59 Å². The maximum Gasteiger partial charge on any atom is 0.460 e. The third kappa shape index (κ3) is 11.5. The minimum atomic E-state index is -7.13. The Labute approximate surface area is 311 Å². The fraction of sp³-hybridized carbons (Fsp3) is 0.741. The van der Waals surface area contributed by atoms with Crippen LogP contribution in [0.1, 0.15) is 51.4 Å². The molecule has 332 valence electrons. The molecule has 1 N–H and O–H groups in total. The van der Waals surface area contributed by atoms with E-state index in [0.717, 1.165) is 0 Å². The van der Waals surface area contributed by atoms with Gasteiger partial charge in [0.15, 0.2) is 0 Å². The largest absolute Gasteiger partial charge is 0.460 e. The first-order valence-corrected chi connectivity index (χ1v) is 15.4. The quantitative estimate of drug-likeness (QED) is 0.0978. The Hall–Kier alpha value is -4.77. The summed E-state index contributed by atoms with van der Waals surface area (Å²) in [5.41, 5.74) is -2.17. The molecule has 31 heteroatoms. The molecule has 0 saturated heterocycles. The van der Waals surface area contributed by atoms with Crippen molar-refractivity contribution in [2.24, 2.45) is 0 Å². The molecule has 13 nitrogen and oxygen atoms in total. The average molecular weight is 888 g/mol. The van der Waals surface area contributed by atoms with Crippen molar-refractivity contribution in [3.05, 3.63) is 23.8 Å². The number of nitrogens with zero attached hydrogens (tertiary/aromatic N) is 6. The first-order valence-electron chi connectivity index (χ1n) is 15.4. The van der Waals surface area contributed by atoms with E-state index in [-0.39, 0.29) is 9.36 Å². The molecule has 2 rings (SSSR count). The SMILES string of the molecule is CC(C)(C)OC(=O)N[C@@H](CC(=O)OCc1cn(CCC(F)(F)C(F)(F)C(F)(F)C(F)(F)F)nn1)C(=O)OCc1cn(CCC(F)(F)C(F)(F)C(F)(F)C(F)(F)F)nn1. The van der Waals surface area contributed by atoms with E-state index in [1.54, 1.807) is 0 Å². The number of nitrogens with one attached hydrogen (secondary N) is 1. The number of hydrogen-bond acceptors (Lipinski definition) is 10. The number of aryl methyl sites for hydroxylation is 2. The highest BCUT2D eigenvalue weighted by atomic mass is 19.4. The molecule has 0 aromatic carbocycles. The van der Waals surface area contributed by atoms with Crippen LogP contribution in [0.3, 0.4) is 0 Å². The molecule has 0 radical (unpaired) electrons. The molecule has 1 atom stereocenters. The Balaban J connectivity index is 2.06. The fourth-order valence-corrected chi connectivity index (χ4v) is 3.94. The first-order chi connectivity index (χ1) is 25.9. The molecule has 2 aromatic heterocycles. The molecule has 58 heavy (non-hydrogen) atoms. The van der Waals surface area contributed by atoms with Gasteiger partial charge in [-0.15, -0.1) is 10.2 Å². The van der Waals surface area contributed by atoms with E-state index in [1.165, 1.54) is 20.8 Å². The van der Waals surface area contributed by atoms with Crippen LogP contribution in [0.15, 0.2) is 12.4 Å². The summed E-state index contributed by atoms with van der Waals surface area (Å²) in [5, 5.41) is 14.8. The lowest BCUT2D eigenvalue weighted by Gasteiger charge is -2.33. The zero-order valence-electron chi connectivity index (χ0n) is 29.1. The Bertz CT molecular complexity index is 1740. The molecule has 1 amide bonds. The number of halogens is 18. The van der Waals surface area contributed by atoms with E-state index in [9.17, 15) is 93.4 Å². The van der Waals surface area contributed by atoms with Gasteiger partial charge in [-0.05, 0) is 20.8 Å². The molecule has 0 fully saturated rings. The summed E-state index contributed by atoms with van der Waals surface area (Å²) < 4.78 is 251. The van der Waals surface area contributed by atoms with Crippen LogP contribution in [-0.2, 0) is 50.1 Å². The lowest BCUT2D eigenvalue weighted by atomic mass is 10.0. The maximum absolute atomic E-state index is 13.8. The smallest absolute Gasteiger partial charge is 0.459 e. The van der Waals surface area contributed by atoms with Crippen molar-refractivity contribution >= 4 is 18.0 Å². The van der Waals surface area contributed by atoms with Crippen LogP contribution in [0.5, 0.6) is 0 Å². The highest BCUT2D eigenvalue weighted by Gasteiger charge is 2.82. The molecule has 0 saturated carbocycles. The summed E-state index contributed by atoms with van der Waals surface area (Å²) >= 11 is 0. The number of esters is 2. The number of carbonyl (C=O) groups is 3. The molecule has 0 unspecified atom stereocenters. The molecule has 0 aliphatic heterocycles. The standard InChI is InChI=1S/C27H27F18N7O6/c1-19(2,3)58-18(55)46-15(17(54)57-12-14-10-52(50-48-14)7-5-21(30,31)23(34,35)25(38,39)27(43,44)45)8-16(53)56-11-13-9-51(49-47-13)6-4-20(28,29)22(32,33)24(36,37)26(40,41)42/h9-10,15H,4-8,11-12H2,1-3H3,(H,46,55)/t15-/m0/s1. The number of alkyl halides is 18. The van der Waals surface area contributed by atoms with E-state index in [0.29, 0.717) is 12.4 Å². The van der Waals surface area contributed by atoms with Crippen molar-refractivity contribution in [1.29, 1.82) is 0 Å². The van der Waals surface area contributed by atoms with Gasteiger partial charge in [-0.1, -0.05) is 10.4 Å². The van der Waals surface area contributed by atoms with Crippen LogP contribution in [0.2, 0.25) is 0 Å². The summed E-state index contributed by atoms with van der Waals surface area (Å²) in [6.07, 6.45) is -20.0. The number of amides is 1. The molecule has 0 bridgehead atoms. The molecule has 0 aliphatic rings. The fourth-order valence-electron chi connectivity index (χ4n) is 3.94. The second-order valence-corrected chi connectivity index (χ2v) is 12.8. The van der Waals surface area contributed by atoms with Crippen molar-refractivity contribution in [2.75, 3.05) is 0 Å². The summed E-state index contributed by atoms with van der Waals surface area (Å²) in [5.74, 6) is -42.8. The van der Waals surface area contributed by atoms with Gasteiger partial charge in [-0.3, -0.25) is 14.2 Å². The maximum atomic E-state index is 13.8. The number of alkyl carbamates (subject to hydrolysis) is 1. The van der Waals surface area contributed by atoms with Gasteiger partial charge in [0.25, 0.3) is 0 Å². The zero-order valence-corrected chi connectivity index (χ0v) is 29.1. The minimum Gasteiger partial charge on any atom is -0.459 e. The van der Waals surface area contributed by atoms with Gasteiger partial charge >= 0.3 is 65.9 Å². The number of aromatic nitrogens is 6. The van der Waals surface area contributed by atoms with Gasteiger partial charge in [-0.2, -0.15) is 79.0 Å². The van der Waals surface area contributed by atoms with Gasteiger partial charge < -0.3 is 19.5 Å². The third-order valence-electron chi connectivity index (χ3n) is 6.99. The lowest BCUT2D eigenvalue weighted by molar-refractivity contribution is -0.397. The Morgan fingerprint density at radius 3 is 1.36 bits per heavy atom. The van der Waals surface area contributed by atoms with Crippen molar-refractivity contribution in [2.45, 2.75) is 126 Å². The zero-order chi connectivity index (χ0) is 45.1. The number of hydrogen-bond donors (Lipinski definition) is 1. The Kier molecular flexibility index (Phi) is 14.3. The molecule has 2 aromatic rings. The van der Waals surface area contributed by atoms with E-state index in [1.807, 2.05) is 5.32 Å². The highest BCUT2D eigenvalue weighted by molar-refractivity contribution is 5.86. The lowest BCUT2D eigenvalue weighted by Crippen LogP contribution is -2.61. The van der Waals surface area contributed by atoms with Crippen LogP contribution in [0, 0.1) is 0 Å². The number of rotatable bonds is 18. The predicted molar refractivity (Wildman–Crippen MR) is 148 cm³/mol. The predicted octanol–water partition coefficient (Wildman–Crippen LogP) is 6.66. The van der Waals surface area contributed by atoms with Crippen molar-refractivity contribution in [3.8, 4) is 0 Å². The second-order valence-electron chi connectivity index (χ2n) is 12.8. The number of ether oxygens (including phenoxy) is 3. The van der Waals surface area contributed by atoms with Crippen molar-refractivity contribution in [1.82, 2.24) is 35.3 Å². The summed E-state index contributed by atoms with van der Waals surface area (Å²) in [7, 11) is 0. The van der Waals surface area contributed by atoms with Crippen LogP contribution in [0.25, 0.3) is 0 Å². The van der Waals surface area contributed by atoms with Gasteiger partial charge in [0.1, 0.15) is 36.2 Å². The molecule has 0 spiro atoms. The average Bonchev–Trinajstić information content (AvgIpc) is 3.71. The monoisotopic (exact) mass is 887 g/mol. The third-order valence-corrected chi connectivity index (χ3v) is 6.99. The van der Waals surface area contributed by atoms with Crippen LogP contribution in [0.4, 0.5) is 83.8 Å². The topological polar surface area (TPSA) is 152 Å². The normalized spacial score (nSPS) is 14.6. The summed E-state index contributed by atoms with van der Waals surface area (Å²) in [4.78, 5) is 37.6. The molecular weight excluding hydrogens is 860 g/mol. The summed E-state index contributed by atoms with van der Waals surface area (Å²) in [6.45, 7) is -0.684. The Morgan fingerprint density at radius 1 is 0.621 bits per heavy atom. The summed E-state index contributed by atoms with van der Waals surface area (Å²) in [6, 6.07) is -2.01. The van der Waals surface area contributed by atoms with Crippen molar-refractivity contribution < 1.29 is 108 Å². The molecule has 2 heterocycles. The minimum absolute atomic E-state index is 0.274. The first kappa shape index (κ1) is 49.4. The molecular formula is C27H27F18N7O6. The van der Waals surface area contributed by atoms with Crippen LogP contribution < -0.4 is 5.32 Å². The second kappa shape index (κ2) is 16.8. The van der Waals surface area contributed by atoms with Gasteiger partial charge in [0.2, 0.25) is 0 Å². The van der Waals surface area contributed by atoms with Gasteiger partial charge in [0.05, 0.1) is 18.8 Å². The van der Waals surface area contributed by atoms with E-state index in [4.69, 9.17) is 14.2 Å². The van der Waals surface area contributed by atoms with E-state index < -0.39 is 135 Å². The van der Waals surface area contributed by atoms with Crippen molar-refractivity contribution in [3.63, 3.8) is 0 Å². The number of carbonyl (C=O) groups excluding carboxylic acids is 3. The molecule has 0 aliphatic carbocycles. The van der Waals surface area contributed by atoms with E-state index in [2.05, 4.69) is 20.6 Å². The highest BCUT2D eigenvalue weighted by Crippen LogP contribution is 2.55. The van der Waals surface area contributed by atoms with E-state index >= 15 is 0 Å². The Morgan fingerprint density at radius 2 is 1.00 bits per heavy atom.